The van der Waals surface area contributed by atoms with Gasteiger partial charge in [-0.2, -0.15) is 0 Å². The molecule has 4 rings (SSSR count). The molecule has 0 heterocycles. The van der Waals surface area contributed by atoms with Crippen molar-refractivity contribution in [2.45, 2.75) is 12.8 Å². The van der Waals surface area contributed by atoms with Crippen molar-refractivity contribution in [2.24, 2.45) is 34.8 Å². The SMILES string of the molecule is NCCNC(=O)[C@H]1[C@H](C(=O)Nc2ccc(Br)cc2)[C@H]2C=C[C@H]1C21CC1. The van der Waals surface area contributed by atoms with E-state index < -0.39 is 0 Å². The zero-order valence-electron chi connectivity index (χ0n) is 13.9. The van der Waals surface area contributed by atoms with Gasteiger partial charge in [0.1, 0.15) is 0 Å². The summed E-state index contributed by atoms with van der Waals surface area (Å²) in [5, 5.41) is 5.90. The Morgan fingerprint density at radius 2 is 1.68 bits per heavy atom. The van der Waals surface area contributed by atoms with Crippen molar-refractivity contribution < 1.29 is 9.59 Å². The number of nitrogens with two attached hydrogens (primary N) is 1. The lowest BCUT2D eigenvalue weighted by molar-refractivity contribution is -0.132. The summed E-state index contributed by atoms with van der Waals surface area (Å²) in [7, 11) is 0. The van der Waals surface area contributed by atoms with Crippen LogP contribution in [0.5, 0.6) is 0 Å². The van der Waals surface area contributed by atoms with Crippen molar-refractivity contribution in [1.82, 2.24) is 5.32 Å². The van der Waals surface area contributed by atoms with E-state index in [1.54, 1.807) is 0 Å². The number of carbonyl (C=O) groups is 2. The van der Waals surface area contributed by atoms with Crippen LogP contribution in [0, 0.1) is 29.1 Å². The second kappa shape index (κ2) is 6.25. The standard InChI is InChI=1S/C19H22BrN3O2/c20-11-1-3-12(4-2-11)23-18(25)16-14-6-5-13(19(14)7-8-19)15(16)17(24)22-10-9-21/h1-6,13-16H,7-10,21H2,(H,22,24)(H,23,25)/t13-,14-,15-,16-/m1/s1. The molecule has 4 N–H and O–H groups in total. The molecule has 1 aromatic carbocycles. The van der Waals surface area contributed by atoms with E-state index in [2.05, 4.69) is 38.7 Å². The van der Waals surface area contributed by atoms with Gasteiger partial charge in [-0.1, -0.05) is 28.1 Å². The minimum absolute atomic E-state index is 0.0375. The third-order valence-electron chi connectivity index (χ3n) is 6.00. The number of benzene rings is 1. The first-order valence-electron chi connectivity index (χ1n) is 8.79. The van der Waals surface area contributed by atoms with Gasteiger partial charge in [-0.25, -0.2) is 0 Å². The van der Waals surface area contributed by atoms with Gasteiger partial charge in [0, 0.05) is 23.2 Å². The van der Waals surface area contributed by atoms with E-state index in [-0.39, 0.29) is 40.9 Å². The molecule has 0 radical (unpaired) electrons. The first-order valence-corrected chi connectivity index (χ1v) is 9.59. The van der Waals surface area contributed by atoms with Gasteiger partial charge in [-0.3, -0.25) is 9.59 Å². The second-order valence-corrected chi connectivity index (χ2v) is 8.21. The Morgan fingerprint density at radius 1 is 1.08 bits per heavy atom. The van der Waals surface area contributed by atoms with Crippen molar-refractivity contribution in [2.75, 3.05) is 18.4 Å². The maximum atomic E-state index is 13.0. The molecule has 132 valence electrons. The highest BCUT2D eigenvalue weighted by Crippen LogP contribution is 2.72. The van der Waals surface area contributed by atoms with E-state index >= 15 is 0 Å². The molecule has 3 aliphatic rings. The van der Waals surface area contributed by atoms with E-state index in [9.17, 15) is 9.59 Å². The Kier molecular flexibility index (Phi) is 4.20. The molecule has 2 saturated carbocycles. The van der Waals surface area contributed by atoms with Crippen molar-refractivity contribution in [3.63, 3.8) is 0 Å². The summed E-state index contributed by atoms with van der Waals surface area (Å²) < 4.78 is 0.962. The summed E-state index contributed by atoms with van der Waals surface area (Å²) >= 11 is 3.40. The van der Waals surface area contributed by atoms with Gasteiger partial charge >= 0.3 is 0 Å². The number of nitrogens with one attached hydrogen (secondary N) is 2. The smallest absolute Gasteiger partial charge is 0.228 e. The van der Waals surface area contributed by atoms with Crippen LogP contribution in [-0.4, -0.2) is 24.9 Å². The highest BCUT2D eigenvalue weighted by atomic mass is 79.9. The van der Waals surface area contributed by atoms with Gasteiger partial charge in [0.25, 0.3) is 0 Å². The number of halogens is 1. The molecular weight excluding hydrogens is 382 g/mol. The average Bonchev–Trinajstić information content (AvgIpc) is 3.27. The molecule has 3 aliphatic carbocycles. The molecule has 25 heavy (non-hydrogen) atoms. The predicted molar refractivity (Wildman–Crippen MR) is 99.6 cm³/mol. The molecule has 5 nitrogen and oxygen atoms in total. The molecule has 0 unspecified atom stereocenters. The number of carbonyl (C=O) groups excluding carboxylic acids is 2. The van der Waals surface area contributed by atoms with Crippen LogP contribution in [-0.2, 0) is 9.59 Å². The summed E-state index contributed by atoms with van der Waals surface area (Å²) in [6, 6.07) is 7.51. The summed E-state index contributed by atoms with van der Waals surface area (Å²) in [5.41, 5.74) is 6.41. The topological polar surface area (TPSA) is 84.2 Å². The quantitative estimate of drug-likeness (QED) is 0.659. The molecule has 0 aliphatic heterocycles. The minimum Gasteiger partial charge on any atom is -0.355 e. The summed E-state index contributed by atoms with van der Waals surface area (Å²) in [4.78, 5) is 25.8. The van der Waals surface area contributed by atoms with Gasteiger partial charge in [0.05, 0.1) is 11.8 Å². The molecule has 1 spiro atoms. The van der Waals surface area contributed by atoms with Gasteiger partial charge in [-0.15, -0.1) is 0 Å². The highest BCUT2D eigenvalue weighted by Gasteiger charge is 2.69. The third kappa shape index (κ3) is 2.72. The summed E-state index contributed by atoms with van der Waals surface area (Å²) in [6.45, 7) is 0.855. The molecule has 6 heteroatoms. The van der Waals surface area contributed by atoms with Crippen LogP contribution in [0.2, 0.25) is 0 Å². The molecule has 4 atom stereocenters. The van der Waals surface area contributed by atoms with Crippen molar-refractivity contribution in [3.05, 3.63) is 40.9 Å². The Hall–Kier alpha value is -1.66. The number of amides is 2. The van der Waals surface area contributed by atoms with E-state index in [0.29, 0.717) is 13.1 Å². The molecule has 0 saturated heterocycles. The van der Waals surface area contributed by atoms with E-state index in [1.807, 2.05) is 24.3 Å². The fourth-order valence-corrected chi connectivity index (χ4v) is 5.05. The number of rotatable bonds is 5. The molecule has 2 amide bonds. The number of hydrogen-bond acceptors (Lipinski definition) is 3. The van der Waals surface area contributed by atoms with Crippen LogP contribution in [0.25, 0.3) is 0 Å². The lowest BCUT2D eigenvalue weighted by Gasteiger charge is -2.26. The molecule has 0 aromatic heterocycles. The normalized spacial score (nSPS) is 30.5. The van der Waals surface area contributed by atoms with Gasteiger partial charge in [0.2, 0.25) is 11.8 Å². The van der Waals surface area contributed by atoms with Crippen molar-refractivity contribution in [3.8, 4) is 0 Å². The fraction of sp³-hybridized carbons (Fsp3) is 0.474. The van der Waals surface area contributed by atoms with E-state index in [0.717, 1.165) is 23.0 Å². The fourth-order valence-electron chi connectivity index (χ4n) is 4.78. The molecule has 2 bridgehead atoms. The van der Waals surface area contributed by atoms with E-state index in [4.69, 9.17) is 5.73 Å². The first kappa shape index (κ1) is 16.8. The van der Waals surface area contributed by atoms with Crippen LogP contribution in [0.15, 0.2) is 40.9 Å². The van der Waals surface area contributed by atoms with E-state index in [1.165, 1.54) is 0 Å². The summed E-state index contributed by atoms with van der Waals surface area (Å²) in [6.07, 6.45) is 6.54. The van der Waals surface area contributed by atoms with Crippen LogP contribution in [0.3, 0.4) is 0 Å². The largest absolute Gasteiger partial charge is 0.355 e. The van der Waals surface area contributed by atoms with Gasteiger partial charge in [0.15, 0.2) is 0 Å². The van der Waals surface area contributed by atoms with Gasteiger partial charge < -0.3 is 16.4 Å². The Morgan fingerprint density at radius 3 is 2.24 bits per heavy atom. The second-order valence-electron chi connectivity index (χ2n) is 7.30. The predicted octanol–water partition coefficient (Wildman–Crippen LogP) is 2.29. The number of allylic oxidation sites excluding steroid dienone is 2. The van der Waals surface area contributed by atoms with Crippen molar-refractivity contribution >= 4 is 33.4 Å². The lowest BCUT2D eigenvalue weighted by atomic mass is 9.81. The van der Waals surface area contributed by atoms with Crippen molar-refractivity contribution in [1.29, 1.82) is 0 Å². The van der Waals surface area contributed by atoms with Gasteiger partial charge in [-0.05, 0) is 54.4 Å². The van der Waals surface area contributed by atoms with Crippen LogP contribution >= 0.6 is 15.9 Å². The maximum absolute atomic E-state index is 13.0. The zero-order chi connectivity index (χ0) is 17.6. The summed E-state index contributed by atoms with van der Waals surface area (Å²) in [5.74, 6) is -0.348. The Balaban J connectivity index is 1.57. The highest BCUT2D eigenvalue weighted by molar-refractivity contribution is 9.10. The number of anilines is 1. The number of hydrogen-bond donors (Lipinski definition) is 3. The van der Waals surface area contributed by atoms with Crippen LogP contribution in [0.1, 0.15) is 12.8 Å². The minimum atomic E-state index is -0.307. The zero-order valence-corrected chi connectivity index (χ0v) is 15.5. The van der Waals surface area contributed by atoms with Crippen LogP contribution in [0.4, 0.5) is 5.69 Å². The molecular formula is C19H22BrN3O2. The molecule has 1 aromatic rings. The van der Waals surface area contributed by atoms with Crippen LogP contribution < -0.4 is 16.4 Å². The molecule has 2 fully saturated rings. The Labute approximate surface area is 155 Å². The lowest BCUT2D eigenvalue weighted by Crippen LogP contribution is -2.43. The Bertz CT molecular complexity index is 727. The maximum Gasteiger partial charge on any atom is 0.228 e. The third-order valence-corrected chi connectivity index (χ3v) is 6.53. The first-order chi connectivity index (χ1) is 12.1. The average molecular weight is 404 g/mol. The monoisotopic (exact) mass is 403 g/mol.